The number of hydrogen-bond donors (Lipinski definition) is 2. The van der Waals surface area contributed by atoms with Crippen LogP contribution >= 0.6 is 0 Å². The molecule has 106 valence electrons. The number of piperidine rings is 1. The zero-order chi connectivity index (χ0) is 13.7. The Kier molecular flexibility index (Phi) is 5.16. The molecule has 1 aliphatic rings. The molecular weight excluding hydrogens is 243 g/mol. The molecular formula is C15H23FN2O. The average Bonchev–Trinajstić information content (AvgIpc) is 2.41. The molecule has 1 aliphatic heterocycles. The van der Waals surface area contributed by atoms with Crippen LogP contribution < -0.4 is 10.2 Å². The fourth-order valence-corrected chi connectivity index (χ4v) is 2.58. The number of aliphatic hydroxyl groups is 1. The highest BCUT2D eigenvalue weighted by molar-refractivity contribution is 5.54. The molecule has 1 fully saturated rings. The van der Waals surface area contributed by atoms with Crippen molar-refractivity contribution in [2.24, 2.45) is 0 Å². The van der Waals surface area contributed by atoms with Gasteiger partial charge in [0.1, 0.15) is 5.82 Å². The zero-order valence-corrected chi connectivity index (χ0v) is 11.5. The molecule has 1 saturated heterocycles. The SMILES string of the molecule is CCCNCc1c(F)cccc1N1CCCC(O)C1. The number of aliphatic hydroxyl groups excluding tert-OH is 1. The van der Waals surface area contributed by atoms with E-state index in [1.54, 1.807) is 6.07 Å². The van der Waals surface area contributed by atoms with Gasteiger partial charge in [0.15, 0.2) is 0 Å². The molecule has 2 rings (SSSR count). The molecule has 1 aromatic carbocycles. The second kappa shape index (κ2) is 6.87. The normalized spacial score (nSPS) is 19.7. The molecule has 1 atom stereocenters. The summed E-state index contributed by atoms with van der Waals surface area (Å²) >= 11 is 0. The van der Waals surface area contributed by atoms with Gasteiger partial charge in [0.25, 0.3) is 0 Å². The van der Waals surface area contributed by atoms with Crippen molar-refractivity contribution < 1.29 is 9.50 Å². The summed E-state index contributed by atoms with van der Waals surface area (Å²) in [4.78, 5) is 2.10. The van der Waals surface area contributed by atoms with E-state index in [4.69, 9.17) is 0 Å². The molecule has 0 saturated carbocycles. The molecule has 2 N–H and O–H groups in total. The third-order valence-electron chi connectivity index (χ3n) is 3.56. The highest BCUT2D eigenvalue weighted by Crippen LogP contribution is 2.26. The molecule has 1 aromatic rings. The monoisotopic (exact) mass is 266 g/mol. The molecule has 0 aromatic heterocycles. The van der Waals surface area contributed by atoms with Crippen molar-refractivity contribution >= 4 is 5.69 Å². The van der Waals surface area contributed by atoms with Crippen LogP contribution in [-0.2, 0) is 6.54 Å². The van der Waals surface area contributed by atoms with Crippen LogP contribution in [0.3, 0.4) is 0 Å². The first-order chi connectivity index (χ1) is 9.22. The van der Waals surface area contributed by atoms with E-state index >= 15 is 0 Å². The Labute approximate surface area is 114 Å². The van der Waals surface area contributed by atoms with Gasteiger partial charge in [-0.15, -0.1) is 0 Å². The average molecular weight is 266 g/mol. The van der Waals surface area contributed by atoms with Crippen molar-refractivity contribution in [1.29, 1.82) is 0 Å². The lowest BCUT2D eigenvalue weighted by Gasteiger charge is -2.33. The number of β-amino-alcohol motifs (C(OH)–C–C–N with tert-alkyl or cyclic N) is 1. The zero-order valence-electron chi connectivity index (χ0n) is 11.5. The number of halogens is 1. The summed E-state index contributed by atoms with van der Waals surface area (Å²) in [5.74, 6) is -0.166. The Morgan fingerprint density at radius 1 is 1.47 bits per heavy atom. The summed E-state index contributed by atoms with van der Waals surface area (Å²) in [7, 11) is 0. The van der Waals surface area contributed by atoms with E-state index in [1.807, 2.05) is 6.07 Å². The summed E-state index contributed by atoms with van der Waals surface area (Å²) < 4.78 is 14.0. The van der Waals surface area contributed by atoms with Crippen molar-refractivity contribution in [3.05, 3.63) is 29.6 Å². The third kappa shape index (κ3) is 3.67. The number of nitrogens with zero attached hydrogens (tertiary/aromatic N) is 1. The maximum atomic E-state index is 14.0. The van der Waals surface area contributed by atoms with Gasteiger partial charge in [-0.05, 0) is 37.9 Å². The summed E-state index contributed by atoms with van der Waals surface area (Å²) in [5.41, 5.74) is 1.63. The van der Waals surface area contributed by atoms with Crippen LogP contribution in [0.25, 0.3) is 0 Å². The van der Waals surface area contributed by atoms with Gasteiger partial charge in [0.05, 0.1) is 6.10 Å². The Morgan fingerprint density at radius 2 is 2.32 bits per heavy atom. The second-order valence-electron chi connectivity index (χ2n) is 5.16. The largest absolute Gasteiger partial charge is 0.391 e. The Bertz CT molecular complexity index is 411. The van der Waals surface area contributed by atoms with Gasteiger partial charge in [-0.1, -0.05) is 13.0 Å². The maximum Gasteiger partial charge on any atom is 0.129 e. The minimum Gasteiger partial charge on any atom is -0.391 e. The fourth-order valence-electron chi connectivity index (χ4n) is 2.58. The molecule has 1 heterocycles. The van der Waals surface area contributed by atoms with Gasteiger partial charge >= 0.3 is 0 Å². The Balaban J connectivity index is 2.16. The van der Waals surface area contributed by atoms with Crippen LogP contribution in [0.15, 0.2) is 18.2 Å². The molecule has 19 heavy (non-hydrogen) atoms. The van der Waals surface area contributed by atoms with Crippen LogP contribution in [0.4, 0.5) is 10.1 Å². The van der Waals surface area contributed by atoms with Gasteiger partial charge < -0.3 is 15.3 Å². The quantitative estimate of drug-likeness (QED) is 0.803. The molecule has 0 bridgehead atoms. The minimum atomic E-state index is -0.298. The summed E-state index contributed by atoms with van der Waals surface area (Å²) in [5, 5.41) is 13.0. The predicted octanol–water partition coefficient (Wildman–Crippen LogP) is 2.29. The van der Waals surface area contributed by atoms with Crippen molar-refractivity contribution in [2.75, 3.05) is 24.5 Å². The topological polar surface area (TPSA) is 35.5 Å². The van der Waals surface area contributed by atoms with E-state index in [0.29, 0.717) is 18.7 Å². The van der Waals surface area contributed by atoms with Crippen LogP contribution in [0.2, 0.25) is 0 Å². The van der Waals surface area contributed by atoms with Crippen molar-refractivity contribution in [3.8, 4) is 0 Å². The van der Waals surface area contributed by atoms with Crippen LogP contribution in [-0.4, -0.2) is 30.8 Å². The summed E-state index contributed by atoms with van der Waals surface area (Å²) in [6.45, 7) is 5.01. The smallest absolute Gasteiger partial charge is 0.129 e. The van der Waals surface area contributed by atoms with Gasteiger partial charge in [0.2, 0.25) is 0 Å². The first-order valence-corrected chi connectivity index (χ1v) is 7.13. The summed E-state index contributed by atoms with van der Waals surface area (Å²) in [6, 6.07) is 5.20. The second-order valence-corrected chi connectivity index (χ2v) is 5.16. The van der Waals surface area contributed by atoms with E-state index < -0.39 is 0 Å². The van der Waals surface area contributed by atoms with Crippen LogP contribution in [0.1, 0.15) is 31.7 Å². The fraction of sp³-hybridized carbons (Fsp3) is 0.600. The number of hydrogen-bond acceptors (Lipinski definition) is 3. The van der Waals surface area contributed by atoms with Crippen molar-refractivity contribution in [3.63, 3.8) is 0 Å². The highest BCUT2D eigenvalue weighted by Gasteiger charge is 2.21. The van der Waals surface area contributed by atoms with E-state index in [1.165, 1.54) is 6.07 Å². The van der Waals surface area contributed by atoms with Gasteiger partial charge in [-0.25, -0.2) is 4.39 Å². The van der Waals surface area contributed by atoms with Gasteiger partial charge in [-0.3, -0.25) is 0 Å². The lowest BCUT2D eigenvalue weighted by Crippen LogP contribution is -2.39. The molecule has 3 nitrogen and oxygen atoms in total. The first-order valence-electron chi connectivity index (χ1n) is 7.13. The maximum absolute atomic E-state index is 14.0. The molecule has 0 radical (unpaired) electrons. The van der Waals surface area contributed by atoms with Crippen molar-refractivity contribution in [1.82, 2.24) is 5.32 Å². The molecule has 0 amide bonds. The lowest BCUT2D eigenvalue weighted by molar-refractivity contribution is 0.154. The lowest BCUT2D eigenvalue weighted by atomic mass is 10.0. The highest BCUT2D eigenvalue weighted by atomic mass is 19.1. The summed E-state index contributed by atoms with van der Waals surface area (Å²) in [6.07, 6.45) is 2.54. The molecule has 0 spiro atoms. The van der Waals surface area contributed by atoms with Crippen LogP contribution in [0, 0.1) is 5.82 Å². The van der Waals surface area contributed by atoms with Crippen molar-refractivity contribution in [2.45, 2.75) is 38.8 Å². The standard InChI is InChI=1S/C15H23FN2O/c1-2-8-17-10-13-14(16)6-3-7-15(13)18-9-4-5-12(19)11-18/h3,6-7,12,17,19H,2,4-5,8-11H2,1H3. The number of anilines is 1. The third-order valence-corrected chi connectivity index (χ3v) is 3.56. The first kappa shape index (κ1) is 14.3. The van der Waals surface area contributed by atoms with Gasteiger partial charge in [0, 0.05) is 30.9 Å². The number of rotatable bonds is 5. The van der Waals surface area contributed by atoms with E-state index in [2.05, 4.69) is 17.1 Å². The Hall–Kier alpha value is -1.13. The van der Waals surface area contributed by atoms with E-state index in [0.717, 1.165) is 38.0 Å². The Morgan fingerprint density at radius 3 is 3.05 bits per heavy atom. The molecule has 0 aliphatic carbocycles. The number of nitrogens with one attached hydrogen (secondary N) is 1. The van der Waals surface area contributed by atoms with E-state index in [9.17, 15) is 9.50 Å². The minimum absolute atomic E-state index is 0.166. The predicted molar refractivity (Wildman–Crippen MR) is 75.9 cm³/mol. The number of benzene rings is 1. The van der Waals surface area contributed by atoms with Crippen LogP contribution in [0.5, 0.6) is 0 Å². The molecule has 4 heteroatoms. The molecule has 1 unspecified atom stereocenters. The van der Waals surface area contributed by atoms with Gasteiger partial charge in [-0.2, -0.15) is 0 Å². The van der Waals surface area contributed by atoms with E-state index in [-0.39, 0.29) is 11.9 Å².